The zero-order valence-electron chi connectivity index (χ0n) is 11.3. The van der Waals surface area contributed by atoms with Gasteiger partial charge in [-0.15, -0.1) is 11.3 Å². The fourth-order valence-electron chi connectivity index (χ4n) is 2.84. The molecule has 2 heteroatoms. The molecule has 1 nitrogen and oxygen atoms in total. The Hall–Kier alpha value is -0.340. The maximum Gasteiger partial charge on any atom is 0.0333 e. The Kier molecular flexibility index (Phi) is 4.63. The van der Waals surface area contributed by atoms with Crippen LogP contribution in [-0.2, 0) is 6.42 Å². The SMILES string of the molecule is CCC(C)CC(C)NC1CCCc2sccc21. The second-order valence-corrected chi connectivity index (χ2v) is 6.56. The molecule has 1 aliphatic carbocycles. The van der Waals surface area contributed by atoms with E-state index in [9.17, 15) is 0 Å². The monoisotopic (exact) mass is 251 g/mol. The highest BCUT2D eigenvalue weighted by atomic mass is 32.1. The zero-order valence-corrected chi connectivity index (χ0v) is 12.1. The molecular formula is C15H25NS. The van der Waals surface area contributed by atoms with Gasteiger partial charge in [-0.05, 0) is 55.5 Å². The van der Waals surface area contributed by atoms with Crippen LogP contribution in [0.1, 0.15) is 62.9 Å². The third-order valence-corrected chi connectivity index (χ3v) is 4.99. The van der Waals surface area contributed by atoms with Crippen molar-refractivity contribution in [2.45, 2.75) is 65.0 Å². The maximum atomic E-state index is 3.83. The smallest absolute Gasteiger partial charge is 0.0333 e. The number of nitrogens with one attached hydrogen (secondary N) is 1. The van der Waals surface area contributed by atoms with Crippen molar-refractivity contribution in [2.75, 3.05) is 0 Å². The Morgan fingerprint density at radius 1 is 1.47 bits per heavy atom. The van der Waals surface area contributed by atoms with Crippen LogP contribution < -0.4 is 5.32 Å². The lowest BCUT2D eigenvalue weighted by molar-refractivity contribution is 0.355. The van der Waals surface area contributed by atoms with Gasteiger partial charge in [-0.1, -0.05) is 20.3 Å². The third kappa shape index (κ3) is 3.32. The highest BCUT2D eigenvalue weighted by Crippen LogP contribution is 2.33. The predicted molar refractivity (Wildman–Crippen MR) is 76.7 cm³/mol. The Morgan fingerprint density at radius 2 is 2.29 bits per heavy atom. The molecule has 0 saturated carbocycles. The highest BCUT2D eigenvalue weighted by Gasteiger charge is 2.22. The Morgan fingerprint density at radius 3 is 3.06 bits per heavy atom. The highest BCUT2D eigenvalue weighted by molar-refractivity contribution is 7.10. The summed E-state index contributed by atoms with van der Waals surface area (Å²) in [5.74, 6) is 0.836. The molecule has 1 heterocycles. The predicted octanol–water partition coefficient (Wildman–Crippen LogP) is 4.54. The topological polar surface area (TPSA) is 12.0 Å². The first-order chi connectivity index (χ1) is 8.20. The normalized spacial score (nSPS) is 23.1. The molecule has 0 bridgehead atoms. The minimum atomic E-state index is 0.615. The summed E-state index contributed by atoms with van der Waals surface area (Å²) in [5, 5.41) is 6.09. The van der Waals surface area contributed by atoms with E-state index in [1.54, 1.807) is 10.4 Å². The minimum Gasteiger partial charge on any atom is -0.307 e. The van der Waals surface area contributed by atoms with E-state index >= 15 is 0 Å². The molecule has 3 atom stereocenters. The largest absolute Gasteiger partial charge is 0.307 e. The lowest BCUT2D eigenvalue weighted by atomic mass is 9.92. The van der Waals surface area contributed by atoms with E-state index in [2.05, 4.69) is 37.5 Å². The number of hydrogen-bond acceptors (Lipinski definition) is 2. The van der Waals surface area contributed by atoms with Crippen molar-refractivity contribution in [1.82, 2.24) is 5.32 Å². The first-order valence-corrected chi connectivity index (χ1v) is 7.91. The summed E-state index contributed by atoms with van der Waals surface area (Å²) in [7, 11) is 0. The lowest BCUT2D eigenvalue weighted by Crippen LogP contribution is -2.33. The molecule has 0 saturated heterocycles. The fourth-order valence-corrected chi connectivity index (χ4v) is 3.83. The van der Waals surface area contributed by atoms with Crippen LogP contribution in [0.5, 0.6) is 0 Å². The van der Waals surface area contributed by atoms with Crippen molar-refractivity contribution < 1.29 is 0 Å². The molecule has 1 N–H and O–H groups in total. The fraction of sp³-hybridized carbons (Fsp3) is 0.733. The molecule has 0 fully saturated rings. The van der Waals surface area contributed by atoms with Crippen LogP contribution in [0, 0.1) is 5.92 Å². The number of rotatable bonds is 5. The van der Waals surface area contributed by atoms with Crippen LogP contribution in [0.3, 0.4) is 0 Å². The summed E-state index contributed by atoms with van der Waals surface area (Å²) in [4.78, 5) is 1.62. The maximum absolute atomic E-state index is 3.83. The van der Waals surface area contributed by atoms with E-state index in [1.807, 2.05) is 11.3 Å². The number of hydrogen-bond donors (Lipinski definition) is 1. The van der Waals surface area contributed by atoms with Crippen molar-refractivity contribution in [3.8, 4) is 0 Å². The summed E-state index contributed by atoms with van der Waals surface area (Å²) in [6, 6.07) is 3.58. The Labute approximate surface area is 110 Å². The van der Waals surface area contributed by atoms with Gasteiger partial charge in [0, 0.05) is 17.0 Å². The van der Waals surface area contributed by atoms with Crippen molar-refractivity contribution in [3.05, 3.63) is 21.9 Å². The summed E-state index contributed by atoms with van der Waals surface area (Å²) in [6.07, 6.45) is 6.55. The zero-order chi connectivity index (χ0) is 12.3. The van der Waals surface area contributed by atoms with Gasteiger partial charge in [0.2, 0.25) is 0 Å². The first-order valence-electron chi connectivity index (χ1n) is 7.03. The average molecular weight is 251 g/mol. The van der Waals surface area contributed by atoms with Crippen molar-refractivity contribution in [1.29, 1.82) is 0 Å². The molecule has 0 amide bonds. The molecular weight excluding hydrogens is 226 g/mol. The van der Waals surface area contributed by atoms with Gasteiger partial charge in [-0.2, -0.15) is 0 Å². The van der Waals surface area contributed by atoms with Gasteiger partial charge in [0.25, 0.3) is 0 Å². The number of aryl methyl sites for hydroxylation is 1. The van der Waals surface area contributed by atoms with Gasteiger partial charge in [0.1, 0.15) is 0 Å². The van der Waals surface area contributed by atoms with E-state index in [1.165, 1.54) is 32.1 Å². The van der Waals surface area contributed by atoms with Crippen molar-refractivity contribution >= 4 is 11.3 Å². The van der Waals surface area contributed by atoms with Crippen molar-refractivity contribution in [3.63, 3.8) is 0 Å². The molecule has 0 aromatic carbocycles. The van der Waals surface area contributed by atoms with Gasteiger partial charge >= 0.3 is 0 Å². The molecule has 0 radical (unpaired) electrons. The summed E-state index contributed by atoms with van der Waals surface area (Å²) >= 11 is 1.93. The molecule has 1 aromatic heterocycles. The molecule has 2 rings (SSSR count). The summed E-state index contributed by atoms with van der Waals surface area (Å²) in [5.41, 5.74) is 1.58. The summed E-state index contributed by atoms with van der Waals surface area (Å²) < 4.78 is 0. The first kappa shape index (κ1) is 13.1. The molecule has 0 spiro atoms. The third-order valence-electron chi connectivity index (χ3n) is 3.99. The molecule has 1 aromatic rings. The lowest BCUT2D eigenvalue weighted by Gasteiger charge is -2.28. The Balaban J connectivity index is 1.92. The van der Waals surface area contributed by atoms with Crippen LogP contribution in [-0.4, -0.2) is 6.04 Å². The molecule has 1 aliphatic rings. The number of thiophene rings is 1. The molecule has 96 valence electrons. The van der Waals surface area contributed by atoms with Crippen LogP contribution in [0.15, 0.2) is 11.4 Å². The van der Waals surface area contributed by atoms with E-state index < -0.39 is 0 Å². The van der Waals surface area contributed by atoms with E-state index in [0.29, 0.717) is 12.1 Å². The van der Waals surface area contributed by atoms with Gasteiger partial charge in [0.15, 0.2) is 0 Å². The van der Waals surface area contributed by atoms with E-state index in [0.717, 1.165) is 5.92 Å². The van der Waals surface area contributed by atoms with E-state index in [-0.39, 0.29) is 0 Å². The second kappa shape index (κ2) is 6.01. The second-order valence-electron chi connectivity index (χ2n) is 5.56. The standard InChI is InChI=1S/C15H25NS/c1-4-11(2)10-12(3)16-14-6-5-7-15-13(14)8-9-17-15/h8-9,11-12,14,16H,4-7,10H2,1-3H3. The number of fused-ring (bicyclic) bond motifs is 1. The van der Waals surface area contributed by atoms with Crippen molar-refractivity contribution in [2.24, 2.45) is 5.92 Å². The van der Waals surface area contributed by atoms with Gasteiger partial charge < -0.3 is 5.32 Å². The average Bonchev–Trinajstić information content (AvgIpc) is 2.78. The van der Waals surface area contributed by atoms with Crippen LogP contribution in [0.25, 0.3) is 0 Å². The quantitative estimate of drug-likeness (QED) is 0.810. The van der Waals surface area contributed by atoms with Gasteiger partial charge in [-0.25, -0.2) is 0 Å². The van der Waals surface area contributed by atoms with Crippen LogP contribution >= 0.6 is 11.3 Å². The van der Waals surface area contributed by atoms with Gasteiger partial charge in [-0.3, -0.25) is 0 Å². The van der Waals surface area contributed by atoms with Gasteiger partial charge in [0.05, 0.1) is 0 Å². The molecule has 17 heavy (non-hydrogen) atoms. The van der Waals surface area contributed by atoms with Crippen LogP contribution in [0.4, 0.5) is 0 Å². The van der Waals surface area contributed by atoms with Crippen LogP contribution in [0.2, 0.25) is 0 Å². The Bertz CT molecular complexity index is 344. The molecule has 3 unspecified atom stereocenters. The molecule has 0 aliphatic heterocycles. The van der Waals surface area contributed by atoms with E-state index in [4.69, 9.17) is 0 Å². The summed E-state index contributed by atoms with van der Waals surface area (Å²) in [6.45, 7) is 6.98. The minimum absolute atomic E-state index is 0.615.